The topological polar surface area (TPSA) is 54.5 Å². The Morgan fingerprint density at radius 3 is 2.38 bits per heavy atom. The van der Waals surface area contributed by atoms with Crippen LogP contribution in [0.5, 0.6) is 0 Å². The van der Waals surface area contributed by atoms with Crippen LogP contribution in [0.3, 0.4) is 0 Å². The summed E-state index contributed by atoms with van der Waals surface area (Å²) in [5.74, 6) is 2.46. The van der Waals surface area contributed by atoms with Gasteiger partial charge in [0.2, 0.25) is 5.91 Å². The summed E-state index contributed by atoms with van der Waals surface area (Å²) in [6.07, 6.45) is 9.17. The van der Waals surface area contributed by atoms with E-state index in [2.05, 4.69) is 0 Å². The van der Waals surface area contributed by atoms with Gasteiger partial charge in [-0.15, -0.1) is 0 Å². The number of sulfone groups is 1. The highest BCUT2D eigenvalue weighted by atomic mass is 32.2. The number of fused-ring (bicyclic) bond motifs is 2. The van der Waals surface area contributed by atoms with E-state index in [1.165, 1.54) is 31.9 Å². The molecular formula is C16H27NO3S. The van der Waals surface area contributed by atoms with Gasteiger partial charge in [0, 0.05) is 24.8 Å². The fourth-order valence-corrected chi connectivity index (χ4v) is 5.67. The van der Waals surface area contributed by atoms with Gasteiger partial charge in [-0.3, -0.25) is 4.79 Å². The maximum atomic E-state index is 12.7. The first kappa shape index (κ1) is 15.3. The second kappa shape index (κ2) is 5.56. The van der Waals surface area contributed by atoms with Gasteiger partial charge in [-0.1, -0.05) is 6.42 Å². The molecule has 0 spiro atoms. The van der Waals surface area contributed by atoms with Crippen molar-refractivity contribution in [3.05, 3.63) is 0 Å². The zero-order valence-corrected chi connectivity index (χ0v) is 13.9. The lowest BCUT2D eigenvalue weighted by Crippen LogP contribution is -2.44. The predicted molar refractivity (Wildman–Crippen MR) is 82.6 cm³/mol. The molecule has 5 heteroatoms. The van der Waals surface area contributed by atoms with Crippen molar-refractivity contribution in [2.75, 3.05) is 12.0 Å². The Labute approximate surface area is 128 Å². The summed E-state index contributed by atoms with van der Waals surface area (Å²) >= 11 is 0. The molecule has 21 heavy (non-hydrogen) atoms. The van der Waals surface area contributed by atoms with Gasteiger partial charge >= 0.3 is 0 Å². The maximum Gasteiger partial charge on any atom is 0.223 e. The van der Waals surface area contributed by atoms with Crippen molar-refractivity contribution >= 4 is 15.7 Å². The van der Waals surface area contributed by atoms with Gasteiger partial charge in [-0.25, -0.2) is 8.42 Å². The Bertz CT molecular complexity index is 512. The third-order valence-electron chi connectivity index (χ3n) is 5.57. The van der Waals surface area contributed by atoms with E-state index in [0.29, 0.717) is 18.4 Å². The van der Waals surface area contributed by atoms with Crippen molar-refractivity contribution < 1.29 is 13.2 Å². The second-order valence-corrected chi connectivity index (χ2v) is 9.80. The van der Waals surface area contributed by atoms with Gasteiger partial charge in [-0.05, 0) is 56.8 Å². The molecule has 0 N–H and O–H groups in total. The Kier molecular flexibility index (Phi) is 4.06. The molecule has 0 saturated heterocycles. The highest BCUT2D eigenvalue weighted by Gasteiger charge is 2.43. The summed E-state index contributed by atoms with van der Waals surface area (Å²) in [5, 5.41) is 0. The fourth-order valence-electron chi connectivity index (χ4n) is 4.64. The fraction of sp³-hybridized carbons (Fsp3) is 0.938. The molecule has 0 aromatic carbocycles. The van der Waals surface area contributed by atoms with E-state index in [-0.39, 0.29) is 17.7 Å². The van der Waals surface area contributed by atoms with Crippen LogP contribution >= 0.6 is 0 Å². The molecule has 1 amide bonds. The van der Waals surface area contributed by atoms with Crippen LogP contribution in [0.1, 0.15) is 51.9 Å². The molecule has 0 radical (unpaired) electrons. The first-order valence-corrected chi connectivity index (χ1v) is 10.4. The molecule has 0 heterocycles. The van der Waals surface area contributed by atoms with Gasteiger partial charge in [-0.2, -0.15) is 0 Å². The highest BCUT2D eigenvalue weighted by molar-refractivity contribution is 7.90. The van der Waals surface area contributed by atoms with Crippen LogP contribution in [-0.4, -0.2) is 43.3 Å². The van der Waals surface area contributed by atoms with Crippen LogP contribution < -0.4 is 0 Å². The average Bonchev–Trinajstić information content (AvgIpc) is 2.95. The summed E-state index contributed by atoms with van der Waals surface area (Å²) in [6.45, 7) is 1.89. The minimum absolute atomic E-state index is 0.0892. The summed E-state index contributed by atoms with van der Waals surface area (Å²) < 4.78 is 23.0. The Morgan fingerprint density at radius 2 is 1.90 bits per heavy atom. The number of hydrogen-bond donors (Lipinski definition) is 0. The first-order valence-electron chi connectivity index (χ1n) is 8.32. The summed E-state index contributed by atoms with van der Waals surface area (Å²) in [7, 11) is -3.04. The number of rotatable bonds is 6. The van der Waals surface area contributed by atoms with Crippen molar-refractivity contribution in [1.82, 2.24) is 4.90 Å². The average molecular weight is 313 g/mol. The van der Waals surface area contributed by atoms with Crippen molar-refractivity contribution in [3.63, 3.8) is 0 Å². The van der Waals surface area contributed by atoms with Crippen LogP contribution in [0, 0.1) is 17.8 Å². The molecule has 0 aromatic rings. The number of hydrogen-bond acceptors (Lipinski definition) is 3. The Balaban J connectivity index is 1.62. The smallest absolute Gasteiger partial charge is 0.223 e. The van der Waals surface area contributed by atoms with Gasteiger partial charge < -0.3 is 4.90 Å². The molecular weight excluding hydrogens is 286 g/mol. The molecule has 3 aliphatic carbocycles. The SMILES string of the molecule is CC(CS(C)(=O)=O)N(C(=O)CC1CC2CCC1C2)C1CC1. The van der Waals surface area contributed by atoms with Crippen LogP contribution in [0.2, 0.25) is 0 Å². The van der Waals surface area contributed by atoms with E-state index >= 15 is 0 Å². The second-order valence-electron chi connectivity index (χ2n) is 7.61. The lowest BCUT2D eigenvalue weighted by Gasteiger charge is -2.31. The Morgan fingerprint density at radius 1 is 1.19 bits per heavy atom. The summed E-state index contributed by atoms with van der Waals surface area (Å²) in [5.41, 5.74) is 0. The zero-order chi connectivity index (χ0) is 15.2. The van der Waals surface area contributed by atoms with Gasteiger partial charge in [0.25, 0.3) is 0 Å². The van der Waals surface area contributed by atoms with Gasteiger partial charge in [0.05, 0.1) is 5.75 Å². The molecule has 0 aromatic heterocycles. The third kappa shape index (κ3) is 3.61. The van der Waals surface area contributed by atoms with Crippen molar-refractivity contribution in [2.24, 2.45) is 17.8 Å². The molecule has 120 valence electrons. The zero-order valence-electron chi connectivity index (χ0n) is 13.1. The van der Waals surface area contributed by atoms with E-state index in [1.54, 1.807) is 0 Å². The molecule has 4 unspecified atom stereocenters. The molecule has 4 atom stereocenters. The molecule has 3 fully saturated rings. The van der Waals surface area contributed by atoms with E-state index in [0.717, 1.165) is 24.7 Å². The van der Waals surface area contributed by atoms with Crippen molar-refractivity contribution in [3.8, 4) is 0 Å². The van der Waals surface area contributed by atoms with E-state index < -0.39 is 9.84 Å². The van der Waals surface area contributed by atoms with Gasteiger partial charge in [0.1, 0.15) is 9.84 Å². The monoisotopic (exact) mass is 313 g/mol. The lowest BCUT2D eigenvalue weighted by molar-refractivity contribution is -0.134. The highest BCUT2D eigenvalue weighted by Crippen LogP contribution is 2.50. The van der Waals surface area contributed by atoms with Crippen LogP contribution in [0.25, 0.3) is 0 Å². The minimum atomic E-state index is -3.04. The van der Waals surface area contributed by atoms with Crippen LogP contribution in [-0.2, 0) is 14.6 Å². The van der Waals surface area contributed by atoms with Gasteiger partial charge in [0.15, 0.2) is 0 Å². The maximum absolute atomic E-state index is 12.7. The quantitative estimate of drug-likeness (QED) is 0.755. The van der Waals surface area contributed by atoms with Crippen molar-refractivity contribution in [1.29, 1.82) is 0 Å². The predicted octanol–water partition coefficient (Wildman–Crippen LogP) is 2.24. The Hall–Kier alpha value is -0.580. The minimum Gasteiger partial charge on any atom is -0.336 e. The largest absolute Gasteiger partial charge is 0.336 e. The number of carbonyl (C=O) groups is 1. The van der Waals surface area contributed by atoms with Crippen molar-refractivity contribution in [2.45, 2.75) is 64.0 Å². The van der Waals surface area contributed by atoms with E-state index in [9.17, 15) is 13.2 Å². The van der Waals surface area contributed by atoms with Crippen LogP contribution in [0.4, 0.5) is 0 Å². The molecule has 0 aliphatic heterocycles. The first-order chi connectivity index (χ1) is 9.83. The molecule has 2 bridgehead atoms. The summed E-state index contributed by atoms with van der Waals surface area (Å²) in [4.78, 5) is 14.6. The van der Waals surface area contributed by atoms with Crippen LogP contribution in [0.15, 0.2) is 0 Å². The standard InChI is InChI=1S/C16H27NO3S/c1-11(10-21(2,19)20)17(15-5-6-15)16(18)9-14-8-12-3-4-13(14)7-12/h11-15H,3-10H2,1-2H3. The normalized spacial score (nSPS) is 33.1. The van der Waals surface area contributed by atoms with E-state index in [1.807, 2.05) is 11.8 Å². The third-order valence-corrected chi connectivity index (χ3v) is 6.66. The number of carbonyl (C=O) groups excluding carboxylic acids is 1. The summed E-state index contributed by atoms with van der Waals surface area (Å²) in [6, 6.07) is 0.117. The lowest BCUT2D eigenvalue weighted by atomic mass is 9.86. The number of nitrogens with zero attached hydrogens (tertiary/aromatic N) is 1. The molecule has 3 rings (SSSR count). The molecule has 4 nitrogen and oxygen atoms in total. The molecule has 3 saturated carbocycles. The van der Waals surface area contributed by atoms with E-state index in [4.69, 9.17) is 0 Å². The molecule has 3 aliphatic rings. The number of amides is 1.